The smallest absolute Gasteiger partial charge is 0.191 e. The first-order chi connectivity index (χ1) is 12.8. The number of nitrogens with zero attached hydrogens (tertiary/aromatic N) is 2. The van der Waals surface area contributed by atoms with E-state index in [0.717, 1.165) is 44.4 Å². The normalized spacial score (nSPS) is 22.5. The molecular weight excluding hydrogens is 328 g/mol. The first-order valence-corrected chi connectivity index (χ1v) is 10.1. The molecule has 0 aromatic carbocycles. The van der Waals surface area contributed by atoms with Crippen LogP contribution in [0, 0.1) is 5.92 Å². The van der Waals surface area contributed by atoms with Crippen molar-refractivity contribution in [3.63, 3.8) is 0 Å². The Morgan fingerprint density at radius 2 is 2.31 bits per heavy atom. The van der Waals surface area contributed by atoms with Crippen molar-refractivity contribution in [2.24, 2.45) is 10.9 Å². The van der Waals surface area contributed by atoms with Gasteiger partial charge in [0.2, 0.25) is 0 Å². The molecule has 1 aliphatic carbocycles. The van der Waals surface area contributed by atoms with Gasteiger partial charge in [0.25, 0.3) is 0 Å². The Hall–Kier alpha value is -1.53. The van der Waals surface area contributed by atoms with Gasteiger partial charge in [-0.25, -0.2) is 0 Å². The van der Waals surface area contributed by atoms with E-state index >= 15 is 0 Å². The van der Waals surface area contributed by atoms with Crippen LogP contribution in [0.2, 0.25) is 0 Å². The number of ether oxygens (including phenoxy) is 1. The van der Waals surface area contributed by atoms with Crippen LogP contribution in [-0.4, -0.2) is 62.8 Å². The highest BCUT2D eigenvalue weighted by molar-refractivity contribution is 5.80. The second-order valence-electron chi connectivity index (χ2n) is 7.41. The second kappa shape index (κ2) is 9.97. The quantitative estimate of drug-likeness (QED) is 0.494. The molecule has 1 aromatic rings. The molecule has 0 spiro atoms. The van der Waals surface area contributed by atoms with Gasteiger partial charge in [0.05, 0.1) is 25.5 Å². The topological polar surface area (TPSA) is 62.0 Å². The summed E-state index contributed by atoms with van der Waals surface area (Å²) in [6, 6.07) is 4.87. The van der Waals surface area contributed by atoms with Crippen LogP contribution in [0.4, 0.5) is 0 Å². The number of nitrogens with one attached hydrogen (secondary N) is 2. The fourth-order valence-corrected chi connectivity index (χ4v) is 3.78. The lowest BCUT2D eigenvalue weighted by atomic mass is 10.2. The first kappa shape index (κ1) is 19.2. The molecule has 0 amide bonds. The van der Waals surface area contributed by atoms with Crippen LogP contribution in [-0.2, 0) is 11.2 Å². The number of furan rings is 1. The molecule has 6 heteroatoms. The van der Waals surface area contributed by atoms with Crippen LogP contribution in [0.3, 0.4) is 0 Å². The van der Waals surface area contributed by atoms with Crippen molar-refractivity contribution in [3.8, 4) is 0 Å². The molecule has 1 aromatic heterocycles. The summed E-state index contributed by atoms with van der Waals surface area (Å²) in [7, 11) is 1.77. The number of hydrogen-bond donors (Lipinski definition) is 2. The summed E-state index contributed by atoms with van der Waals surface area (Å²) in [6.07, 6.45) is 7.69. The van der Waals surface area contributed by atoms with E-state index in [4.69, 9.17) is 14.1 Å². The maximum Gasteiger partial charge on any atom is 0.191 e. The van der Waals surface area contributed by atoms with Crippen molar-refractivity contribution in [1.29, 1.82) is 0 Å². The van der Waals surface area contributed by atoms with Crippen molar-refractivity contribution in [3.05, 3.63) is 24.2 Å². The number of methoxy groups -OCH3 is 1. The Morgan fingerprint density at radius 1 is 1.42 bits per heavy atom. The van der Waals surface area contributed by atoms with Gasteiger partial charge in [-0.15, -0.1) is 0 Å². The number of likely N-dealkylation sites (tertiary alicyclic amines) is 1. The Labute approximate surface area is 157 Å². The van der Waals surface area contributed by atoms with E-state index in [1.165, 1.54) is 32.2 Å². The molecule has 1 aliphatic heterocycles. The SMILES string of the molecule is CCN1CCCC1CN=C(NCCc1ccco1)NC(COC)C1CC1. The Kier molecular flexibility index (Phi) is 7.38. The van der Waals surface area contributed by atoms with Crippen molar-refractivity contribution in [2.45, 2.75) is 51.1 Å². The van der Waals surface area contributed by atoms with Gasteiger partial charge in [0, 0.05) is 26.1 Å². The lowest BCUT2D eigenvalue weighted by Gasteiger charge is -2.23. The molecule has 2 fully saturated rings. The van der Waals surface area contributed by atoms with E-state index in [-0.39, 0.29) is 0 Å². The van der Waals surface area contributed by atoms with Gasteiger partial charge >= 0.3 is 0 Å². The van der Waals surface area contributed by atoms with Gasteiger partial charge in [-0.2, -0.15) is 0 Å². The van der Waals surface area contributed by atoms with Crippen LogP contribution in [0.1, 0.15) is 38.4 Å². The summed E-state index contributed by atoms with van der Waals surface area (Å²) in [6.45, 7) is 6.96. The Balaban J connectivity index is 1.56. The standard InChI is InChI=1S/C20H34N4O2/c1-3-24-12-4-6-17(24)14-22-20(21-11-10-18-7-5-13-26-18)23-19(15-25-2)16-8-9-16/h5,7,13,16-17,19H,3-4,6,8-12,14-15H2,1-2H3,(H2,21,22,23). The van der Waals surface area contributed by atoms with Crippen LogP contribution < -0.4 is 10.6 Å². The van der Waals surface area contributed by atoms with Gasteiger partial charge in [0.15, 0.2) is 5.96 Å². The lowest BCUT2D eigenvalue weighted by Crippen LogP contribution is -2.47. The average Bonchev–Trinajstić information content (AvgIpc) is 3.17. The van der Waals surface area contributed by atoms with Crippen molar-refractivity contribution >= 4 is 5.96 Å². The molecule has 26 heavy (non-hydrogen) atoms. The van der Waals surface area contributed by atoms with Crippen LogP contribution in [0.5, 0.6) is 0 Å². The highest BCUT2D eigenvalue weighted by Gasteiger charge is 2.32. The maximum atomic E-state index is 5.43. The molecule has 0 bridgehead atoms. The molecular formula is C20H34N4O2. The number of likely N-dealkylation sites (N-methyl/N-ethyl adjacent to an activating group) is 1. The minimum absolute atomic E-state index is 0.348. The van der Waals surface area contributed by atoms with Crippen molar-refractivity contribution in [2.75, 3.05) is 39.9 Å². The average molecular weight is 363 g/mol. The van der Waals surface area contributed by atoms with E-state index in [1.54, 1.807) is 13.4 Å². The highest BCUT2D eigenvalue weighted by Crippen LogP contribution is 2.32. The van der Waals surface area contributed by atoms with Crippen molar-refractivity contribution < 1.29 is 9.15 Å². The number of guanidine groups is 1. The first-order valence-electron chi connectivity index (χ1n) is 10.1. The van der Waals surface area contributed by atoms with E-state index < -0.39 is 0 Å². The van der Waals surface area contributed by atoms with E-state index in [0.29, 0.717) is 18.0 Å². The molecule has 146 valence electrons. The predicted octanol–water partition coefficient (Wildman–Crippen LogP) is 2.27. The van der Waals surface area contributed by atoms with E-state index in [1.807, 2.05) is 12.1 Å². The maximum absolute atomic E-state index is 5.43. The number of rotatable bonds is 10. The molecule has 0 radical (unpaired) electrons. The zero-order valence-corrected chi connectivity index (χ0v) is 16.2. The van der Waals surface area contributed by atoms with Crippen LogP contribution in [0.15, 0.2) is 27.8 Å². The van der Waals surface area contributed by atoms with E-state index in [2.05, 4.69) is 22.5 Å². The summed E-state index contributed by atoms with van der Waals surface area (Å²) in [5.41, 5.74) is 0. The fraction of sp³-hybridized carbons (Fsp3) is 0.750. The molecule has 3 rings (SSSR count). The Bertz CT molecular complexity index is 542. The van der Waals surface area contributed by atoms with Crippen LogP contribution in [0.25, 0.3) is 0 Å². The lowest BCUT2D eigenvalue weighted by molar-refractivity contribution is 0.165. The fourth-order valence-electron chi connectivity index (χ4n) is 3.78. The molecule has 2 heterocycles. The summed E-state index contributed by atoms with van der Waals surface area (Å²) >= 11 is 0. The van der Waals surface area contributed by atoms with E-state index in [9.17, 15) is 0 Å². The zero-order chi connectivity index (χ0) is 18.2. The van der Waals surface area contributed by atoms with Crippen molar-refractivity contribution in [1.82, 2.24) is 15.5 Å². The highest BCUT2D eigenvalue weighted by atomic mass is 16.5. The number of hydrogen-bond acceptors (Lipinski definition) is 4. The third-order valence-corrected chi connectivity index (χ3v) is 5.47. The monoisotopic (exact) mass is 362 g/mol. The van der Waals surface area contributed by atoms with Gasteiger partial charge in [0.1, 0.15) is 5.76 Å². The summed E-state index contributed by atoms with van der Waals surface area (Å²) in [4.78, 5) is 7.46. The molecule has 2 unspecified atom stereocenters. The summed E-state index contributed by atoms with van der Waals surface area (Å²) in [5.74, 6) is 2.62. The zero-order valence-electron chi connectivity index (χ0n) is 16.2. The predicted molar refractivity (Wildman–Crippen MR) is 105 cm³/mol. The molecule has 6 nitrogen and oxygen atoms in total. The second-order valence-corrected chi connectivity index (χ2v) is 7.41. The molecule has 1 saturated heterocycles. The molecule has 2 aliphatic rings. The largest absolute Gasteiger partial charge is 0.469 e. The molecule has 2 atom stereocenters. The minimum Gasteiger partial charge on any atom is -0.469 e. The van der Waals surface area contributed by atoms with Gasteiger partial charge in [-0.3, -0.25) is 9.89 Å². The van der Waals surface area contributed by atoms with Gasteiger partial charge < -0.3 is 19.8 Å². The third kappa shape index (κ3) is 5.74. The molecule has 2 N–H and O–H groups in total. The van der Waals surface area contributed by atoms with Gasteiger partial charge in [-0.05, 0) is 56.8 Å². The molecule has 1 saturated carbocycles. The number of aliphatic imine (C=N–C) groups is 1. The summed E-state index contributed by atoms with van der Waals surface area (Å²) in [5, 5.41) is 7.11. The third-order valence-electron chi connectivity index (χ3n) is 5.47. The minimum atomic E-state index is 0.348. The summed E-state index contributed by atoms with van der Waals surface area (Å²) < 4.78 is 10.8. The Morgan fingerprint density at radius 3 is 3.00 bits per heavy atom. The van der Waals surface area contributed by atoms with Crippen LogP contribution >= 0.6 is 0 Å². The van der Waals surface area contributed by atoms with Gasteiger partial charge in [-0.1, -0.05) is 6.92 Å².